The summed E-state index contributed by atoms with van der Waals surface area (Å²) < 4.78 is 1.67. The van der Waals surface area contributed by atoms with Crippen molar-refractivity contribution in [3.63, 3.8) is 0 Å². The Morgan fingerprint density at radius 3 is 2.68 bits per heavy atom. The number of carbonyl (C=O) groups excluding carboxylic acids is 1. The molecule has 5 heteroatoms. The molecule has 1 amide bonds. The third kappa shape index (κ3) is 3.35. The van der Waals surface area contributed by atoms with Crippen LogP contribution in [0.15, 0.2) is 12.3 Å². The van der Waals surface area contributed by atoms with Gasteiger partial charge in [-0.2, -0.15) is 5.10 Å². The highest BCUT2D eigenvalue weighted by Gasteiger charge is 2.28. The van der Waals surface area contributed by atoms with Gasteiger partial charge in [-0.3, -0.25) is 9.48 Å². The lowest BCUT2D eigenvalue weighted by Gasteiger charge is -2.35. The van der Waals surface area contributed by atoms with Gasteiger partial charge in [0.2, 0.25) is 0 Å². The molecule has 1 aliphatic carbocycles. The second kappa shape index (κ2) is 6.19. The molecule has 2 N–H and O–H groups in total. The first-order valence-corrected chi connectivity index (χ1v) is 7.18. The topological polar surface area (TPSA) is 64.2 Å². The van der Waals surface area contributed by atoms with Crippen LogP contribution in [-0.4, -0.2) is 39.2 Å². The Hall–Kier alpha value is -1.36. The molecule has 1 heterocycles. The Morgan fingerprint density at radius 2 is 2.16 bits per heavy atom. The number of hydrogen-bond donors (Lipinski definition) is 1. The first kappa shape index (κ1) is 14.1. The van der Waals surface area contributed by atoms with Gasteiger partial charge in [0, 0.05) is 31.9 Å². The maximum Gasteiger partial charge on any atom is 0.274 e. The average molecular weight is 264 g/mol. The van der Waals surface area contributed by atoms with E-state index in [1.54, 1.807) is 10.7 Å². The lowest BCUT2D eigenvalue weighted by molar-refractivity contribution is 0.0620. The Labute approximate surface area is 114 Å². The smallest absolute Gasteiger partial charge is 0.274 e. The Morgan fingerprint density at radius 1 is 1.47 bits per heavy atom. The zero-order valence-corrected chi connectivity index (χ0v) is 11.9. The standard InChI is InChI=1S/C14H24N4O/c1-3-9-18(12-6-4-11(15)5-7-12)14(19)13-8-10-17(2)16-13/h8,10-12H,3-7,9,15H2,1-2H3. The molecule has 1 fully saturated rings. The number of aromatic nitrogens is 2. The van der Waals surface area contributed by atoms with Crippen molar-refractivity contribution in [1.29, 1.82) is 0 Å². The minimum Gasteiger partial charge on any atom is -0.334 e. The van der Waals surface area contributed by atoms with Crippen molar-refractivity contribution in [2.75, 3.05) is 6.54 Å². The van der Waals surface area contributed by atoms with Gasteiger partial charge < -0.3 is 10.6 Å². The maximum absolute atomic E-state index is 12.5. The molecule has 0 spiro atoms. The SMILES string of the molecule is CCCN(C(=O)c1ccn(C)n1)C1CCC(N)CC1. The summed E-state index contributed by atoms with van der Waals surface area (Å²) in [7, 11) is 1.83. The highest BCUT2D eigenvalue weighted by Crippen LogP contribution is 2.23. The van der Waals surface area contributed by atoms with E-state index in [0.29, 0.717) is 17.8 Å². The third-order valence-electron chi connectivity index (χ3n) is 3.84. The van der Waals surface area contributed by atoms with E-state index < -0.39 is 0 Å². The van der Waals surface area contributed by atoms with Gasteiger partial charge in [-0.1, -0.05) is 6.92 Å². The molecule has 106 valence electrons. The van der Waals surface area contributed by atoms with Crippen molar-refractivity contribution in [2.24, 2.45) is 12.8 Å². The minimum absolute atomic E-state index is 0.0583. The third-order valence-corrected chi connectivity index (χ3v) is 3.84. The van der Waals surface area contributed by atoms with Crippen LogP contribution < -0.4 is 5.73 Å². The van der Waals surface area contributed by atoms with Gasteiger partial charge in [-0.15, -0.1) is 0 Å². The van der Waals surface area contributed by atoms with E-state index in [2.05, 4.69) is 12.0 Å². The summed E-state index contributed by atoms with van der Waals surface area (Å²) in [4.78, 5) is 14.5. The Bertz CT molecular complexity index is 421. The second-order valence-corrected chi connectivity index (χ2v) is 5.44. The van der Waals surface area contributed by atoms with E-state index in [4.69, 9.17) is 5.73 Å². The molecule has 2 rings (SSSR count). The number of aryl methyl sites for hydroxylation is 1. The van der Waals surface area contributed by atoms with Crippen LogP contribution in [0.3, 0.4) is 0 Å². The van der Waals surface area contributed by atoms with Crippen molar-refractivity contribution in [3.8, 4) is 0 Å². The van der Waals surface area contributed by atoms with Crippen LogP contribution in [0.5, 0.6) is 0 Å². The summed E-state index contributed by atoms with van der Waals surface area (Å²) >= 11 is 0. The molecule has 19 heavy (non-hydrogen) atoms. The van der Waals surface area contributed by atoms with Gasteiger partial charge >= 0.3 is 0 Å². The highest BCUT2D eigenvalue weighted by atomic mass is 16.2. The summed E-state index contributed by atoms with van der Waals surface area (Å²) in [5, 5.41) is 4.22. The first-order chi connectivity index (χ1) is 9.11. The van der Waals surface area contributed by atoms with Crippen molar-refractivity contribution in [3.05, 3.63) is 18.0 Å². The quantitative estimate of drug-likeness (QED) is 0.897. The Kier molecular flexibility index (Phi) is 4.58. The fourth-order valence-corrected chi connectivity index (χ4v) is 2.78. The molecule has 0 atom stereocenters. The van der Waals surface area contributed by atoms with Crippen LogP contribution in [0.2, 0.25) is 0 Å². The summed E-state index contributed by atoms with van der Waals surface area (Å²) in [6, 6.07) is 2.43. The molecule has 5 nitrogen and oxygen atoms in total. The molecule has 1 saturated carbocycles. The van der Waals surface area contributed by atoms with Crippen molar-refractivity contribution < 1.29 is 4.79 Å². The zero-order chi connectivity index (χ0) is 13.8. The number of hydrogen-bond acceptors (Lipinski definition) is 3. The second-order valence-electron chi connectivity index (χ2n) is 5.44. The first-order valence-electron chi connectivity index (χ1n) is 7.18. The molecule has 1 aromatic rings. The van der Waals surface area contributed by atoms with Crippen molar-refractivity contribution in [2.45, 2.75) is 51.1 Å². The lowest BCUT2D eigenvalue weighted by Crippen LogP contribution is -2.44. The van der Waals surface area contributed by atoms with Gasteiger partial charge in [-0.05, 0) is 38.2 Å². The van der Waals surface area contributed by atoms with E-state index in [9.17, 15) is 4.79 Å². The minimum atomic E-state index is 0.0583. The molecule has 0 saturated heterocycles. The van der Waals surface area contributed by atoms with Crippen LogP contribution in [0.4, 0.5) is 0 Å². The molecule has 0 unspecified atom stereocenters. The number of rotatable bonds is 4. The maximum atomic E-state index is 12.5. The molecule has 1 aromatic heterocycles. The van der Waals surface area contributed by atoms with E-state index >= 15 is 0 Å². The van der Waals surface area contributed by atoms with E-state index in [0.717, 1.165) is 38.6 Å². The largest absolute Gasteiger partial charge is 0.334 e. The zero-order valence-electron chi connectivity index (χ0n) is 11.9. The Balaban J connectivity index is 2.08. The van der Waals surface area contributed by atoms with Crippen molar-refractivity contribution >= 4 is 5.91 Å². The molecular formula is C14H24N4O. The van der Waals surface area contributed by atoms with Gasteiger partial charge in [0.1, 0.15) is 5.69 Å². The van der Waals surface area contributed by atoms with E-state index in [1.165, 1.54) is 0 Å². The van der Waals surface area contributed by atoms with Crippen molar-refractivity contribution in [1.82, 2.24) is 14.7 Å². The number of carbonyl (C=O) groups is 1. The van der Waals surface area contributed by atoms with Gasteiger partial charge in [0.05, 0.1) is 0 Å². The highest BCUT2D eigenvalue weighted by molar-refractivity contribution is 5.92. The monoisotopic (exact) mass is 264 g/mol. The predicted molar refractivity (Wildman–Crippen MR) is 74.8 cm³/mol. The summed E-state index contributed by atoms with van der Waals surface area (Å²) in [6.45, 7) is 2.91. The number of amides is 1. The molecule has 0 aliphatic heterocycles. The summed E-state index contributed by atoms with van der Waals surface area (Å²) in [5.41, 5.74) is 6.49. The average Bonchev–Trinajstić information content (AvgIpc) is 2.83. The molecule has 0 aromatic carbocycles. The summed E-state index contributed by atoms with van der Waals surface area (Å²) in [6.07, 6.45) is 6.84. The van der Waals surface area contributed by atoms with Crippen LogP contribution >= 0.6 is 0 Å². The van der Waals surface area contributed by atoms with Gasteiger partial charge in [0.15, 0.2) is 0 Å². The van der Waals surface area contributed by atoms with Crippen LogP contribution in [0.25, 0.3) is 0 Å². The van der Waals surface area contributed by atoms with E-state index in [1.807, 2.05) is 18.1 Å². The summed E-state index contributed by atoms with van der Waals surface area (Å²) in [5.74, 6) is 0.0583. The van der Waals surface area contributed by atoms with Crippen LogP contribution in [-0.2, 0) is 7.05 Å². The predicted octanol–water partition coefficient (Wildman–Crippen LogP) is 1.54. The molecule has 1 aliphatic rings. The molecular weight excluding hydrogens is 240 g/mol. The molecule has 0 bridgehead atoms. The normalized spacial score (nSPS) is 23.3. The lowest BCUT2D eigenvalue weighted by atomic mass is 9.90. The number of nitrogens with two attached hydrogens (primary N) is 1. The van der Waals surface area contributed by atoms with Crippen LogP contribution in [0, 0.1) is 0 Å². The van der Waals surface area contributed by atoms with Gasteiger partial charge in [0.25, 0.3) is 5.91 Å². The number of nitrogens with zero attached hydrogens (tertiary/aromatic N) is 3. The fraction of sp³-hybridized carbons (Fsp3) is 0.714. The van der Waals surface area contributed by atoms with Crippen LogP contribution in [0.1, 0.15) is 49.5 Å². The fourth-order valence-electron chi connectivity index (χ4n) is 2.78. The molecule has 0 radical (unpaired) electrons. The van der Waals surface area contributed by atoms with Gasteiger partial charge in [-0.25, -0.2) is 0 Å². The van der Waals surface area contributed by atoms with E-state index in [-0.39, 0.29) is 5.91 Å².